The Hall–Kier alpha value is -1.58. The van der Waals surface area contributed by atoms with Gasteiger partial charge in [0.25, 0.3) is 0 Å². The van der Waals surface area contributed by atoms with Crippen molar-refractivity contribution in [2.75, 3.05) is 6.61 Å². The molecule has 0 spiro atoms. The maximum Gasteiger partial charge on any atom is 0.146 e. The van der Waals surface area contributed by atoms with Gasteiger partial charge in [0.15, 0.2) is 0 Å². The van der Waals surface area contributed by atoms with Crippen LogP contribution in [-0.4, -0.2) is 6.61 Å². The van der Waals surface area contributed by atoms with Gasteiger partial charge in [-0.15, -0.1) is 0 Å². The van der Waals surface area contributed by atoms with Crippen molar-refractivity contribution in [3.8, 4) is 5.75 Å². The molecule has 2 rings (SSSR count). The van der Waals surface area contributed by atoms with E-state index in [2.05, 4.69) is 5.32 Å². The Morgan fingerprint density at radius 1 is 1.19 bits per heavy atom. The first kappa shape index (κ1) is 15.8. The predicted molar refractivity (Wildman–Crippen MR) is 84.3 cm³/mol. The molecule has 0 amide bonds. The maximum absolute atomic E-state index is 13.8. The van der Waals surface area contributed by atoms with Crippen molar-refractivity contribution < 1.29 is 9.13 Å². The van der Waals surface area contributed by atoms with Gasteiger partial charge in [-0.25, -0.2) is 4.39 Å². The highest BCUT2D eigenvalue weighted by atomic mass is 35.5. The van der Waals surface area contributed by atoms with Crippen LogP contribution in [0.3, 0.4) is 0 Å². The average molecular weight is 308 g/mol. The molecule has 21 heavy (non-hydrogen) atoms. The SMILES string of the molecule is CCOc1ccc(C(C)NCc2cccc(Cl)c2F)cc1. The van der Waals surface area contributed by atoms with Crippen LogP contribution < -0.4 is 10.1 Å². The zero-order valence-electron chi connectivity index (χ0n) is 12.2. The zero-order chi connectivity index (χ0) is 15.2. The normalized spacial score (nSPS) is 12.2. The van der Waals surface area contributed by atoms with E-state index < -0.39 is 0 Å². The maximum atomic E-state index is 13.8. The van der Waals surface area contributed by atoms with Crippen molar-refractivity contribution in [2.45, 2.75) is 26.4 Å². The van der Waals surface area contributed by atoms with Crippen molar-refractivity contribution in [2.24, 2.45) is 0 Å². The van der Waals surface area contributed by atoms with E-state index in [9.17, 15) is 4.39 Å². The van der Waals surface area contributed by atoms with Crippen LogP contribution in [0.5, 0.6) is 5.75 Å². The lowest BCUT2D eigenvalue weighted by Crippen LogP contribution is -2.18. The van der Waals surface area contributed by atoms with Gasteiger partial charge in [-0.05, 0) is 37.6 Å². The molecule has 0 aliphatic carbocycles. The van der Waals surface area contributed by atoms with Gasteiger partial charge in [0.05, 0.1) is 11.6 Å². The molecule has 0 saturated heterocycles. The van der Waals surface area contributed by atoms with Gasteiger partial charge >= 0.3 is 0 Å². The Morgan fingerprint density at radius 2 is 1.90 bits per heavy atom. The van der Waals surface area contributed by atoms with Gasteiger partial charge in [-0.2, -0.15) is 0 Å². The monoisotopic (exact) mass is 307 g/mol. The number of rotatable bonds is 6. The lowest BCUT2D eigenvalue weighted by molar-refractivity contribution is 0.340. The van der Waals surface area contributed by atoms with Crippen molar-refractivity contribution >= 4 is 11.6 Å². The fourth-order valence-corrected chi connectivity index (χ4v) is 2.28. The Balaban J connectivity index is 1.98. The summed E-state index contributed by atoms with van der Waals surface area (Å²) in [5.41, 5.74) is 1.70. The molecule has 0 radical (unpaired) electrons. The highest BCUT2D eigenvalue weighted by Gasteiger charge is 2.09. The van der Waals surface area contributed by atoms with E-state index in [1.807, 2.05) is 38.1 Å². The molecule has 2 aromatic carbocycles. The minimum absolute atomic E-state index is 0.110. The molecular formula is C17H19ClFNO. The Kier molecular flexibility index (Phi) is 5.59. The quantitative estimate of drug-likeness (QED) is 0.833. The second kappa shape index (κ2) is 7.43. The summed E-state index contributed by atoms with van der Waals surface area (Å²) in [7, 11) is 0. The third-order valence-electron chi connectivity index (χ3n) is 3.32. The van der Waals surface area contributed by atoms with E-state index in [4.69, 9.17) is 16.3 Å². The summed E-state index contributed by atoms with van der Waals surface area (Å²) in [6.07, 6.45) is 0. The first-order valence-electron chi connectivity index (χ1n) is 7.01. The van der Waals surface area contributed by atoms with E-state index in [0.29, 0.717) is 18.7 Å². The van der Waals surface area contributed by atoms with E-state index >= 15 is 0 Å². The standard InChI is InChI=1S/C17H19ClFNO/c1-3-21-15-9-7-13(8-10-15)12(2)20-11-14-5-4-6-16(18)17(14)19/h4-10,12,20H,3,11H2,1-2H3. The largest absolute Gasteiger partial charge is 0.494 e. The Labute approximate surface area is 129 Å². The predicted octanol–water partition coefficient (Wildman–Crippen LogP) is 4.73. The van der Waals surface area contributed by atoms with Crippen LogP contribution in [0.15, 0.2) is 42.5 Å². The van der Waals surface area contributed by atoms with Crippen LogP contribution in [0.1, 0.15) is 31.0 Å². The third kappa shape index (κ3) is 4.19. The van der Waals surface area contributed by atoms with Crippen molar-refractivity contribution in [1.29, 1.82) is 0 Å². The molecule has 0 saturated carbocycles. The summed E-state index contributed by atoms with van der Waals surface area (Å²) in [6, 6.07) is 13.1. The number of halogens is 2. The molecule has 0 aliphatic heterocycles. The zero-order valence-corrected chi connectivity index (χ0v) is 13.0. The van der Waals surface area contributed by atoms with Gasteiger partial charge in [0.2, 0.25) is 0 Å². The van der Waals surface area contributed by atoms with Crippen LogP contribution >= 0.6 is 11.6 Å². The second-order valence-corrected chi connectivity index (χ2v) is 5.22. The van der Waals surface area contributed by atoms with Gasteiger partial charge in [-0.3, -0.25) is 0 Å². The molecule has 0 aliphatic rings. The van der Waals surface area contributed by atoms with Crippen molar-refractivity contribution in [3.05, 3.63) is 64.4 Å². The highest BCUT2D eigenvalue weighted by Crippen LogP contribution is 2.20. The van der Waals surface area contributed by atoms with Gasteiger partial charge in [0, 0.05) is 18.2 Å². The molecule has 0 bridgehead atoms. The van der Waals surface area contributed by atoms with Gasteiger partial charge < -0.3 is 10.1 Å². The molecule has 2 nitrogen and oxygen atoms in total. The summed E-state index contributed by atoms with van der Waals surface area (Å²) >= 11 is 5.78. The average Bonchev–Trinajstić information content (AvgIpc) is 2.49. The van der Waals surface area contributed by atoms with Crippen LogP contribution in [0.4, 0.5) is 4.39 Å². The minimum Gasteiger partial charge on any atom is -0.494 e. The number of nitrogens with one attached hydrogen (secondary N) is 1. The smallest absolute Gasteiger partial charge is 0.146 e. The first-order chi connectivity index (χ1) is 10.1. The number of ether oxygens (including phenoxy) is 1. The van der Waals surface area contributed by atoms with Crippen LogP contribution in [0.2, 0.25) is 5.02 Å². The van der Waals surface area contributed by atoms with Gasteiger partial charge in [-0.1, -0.05) is 35.9 Å². The summed E-state index contributed by atoms with van der Waals surface area (Å²) < 4.78 is 19.2. The van der Waals surface area contributed by atoms with E-state index in [-0.39, 0.29) is 16.9 Å². The number of hydrogen-bond donors (Lipinski definition) is 1. The molecule has 4 heteroatoms. The number of hydrogen-bond acceptors (Lipinski definition) is 2. The molecule has 1 atom stereocenters. The van der Waals surface area contributed by atoms with E-state index in [0.717, 1.165) is 11.3 Å². The molecule has 112 valence electrons. The molecule has 0 aromatic heterocycles. The lowest BCUT2D eigenvalue weighted by Gasteiger charge is -2.15. The van der Waals surface area contributed by atoms with Crippen molar-refractivity contribution in [3.63, 3.8) is 0 Å². The first-order valence-corrected chi connectivity index (χ1v) is 7.38. The summed E-state index contributed by atoms with van der Waals surface area (Å²) in [5, 5.41) is 3.45. The Morgan fingerprint density at radius 3 is 2.57 bits per heavy atom. The van der Waals surface area contributed by atoms with E-state index in [1.54, 1.807) is 18.2 Å². The minimum atomic E-state index is -0.356. The summed E-state index contributed by atoms with van der Waals surface area (Å²) in [5.74, 6) is 0.500. The molecule has 1 unspecified atom stereocenters. The number of benzene rings is 2. The molecule has 0 fully saturated rings. The van der Waals surface area contributed by atoms with Crippen LogP contribution in [0, 0.1) is 5.82 Å². The van der Waals surface area contributed by atoms with Crippen molar-refractivity contribution in [1.82, 2.24) is 5.32 Å². The van der Waals surface area contributed by atoms with E-state index in [1.165, 1.54) is 0 Å². The lowest BCUT2D eigenvalue weighted by atomic mass is 10.1. The van der Waals surface area contributed by atoms with Crippen LogP contribution in [-0.2, 0) is 6.54 Å². The second-order valence-electron chi connectivity index (χ2n) is 4.82. The fraction of sp³-hybridized carbons (Fsp3) is 0.294. The summed E-state index contributed by atoms with van der Waals surface area (Å²) in [4.78, 5) is 0. The molecule has 0 heterocycles. The van der Waals surface area contributed by atoms with Crippen LogP contribution in [0.25, 0.3) is 0 Å². The topological polar surface area (TPSA) is 21.3 Å². The molecule has 1 N–H and O–H groups in total. The Bertz CT molecular complexity index is 586. The molecule has 2 aromatic rings. The third-order valence-corrected chi connectivity index (χ3v) is 3.61. The fourth-order valence-electron chi connectivity index (χ4n) is 2.09. The summed E-state index contributed by atoms with van der Waals surface area (Å²) in [6.45, 7) is 5.08. The van der Waals surface area contributed by atoms with Gasteiger partial charge in [0.1, 0.15) is 11.6 Å². The molecular weight excluding hydrogens is 289 g/mol. The highest BCUT2D eigenvalue weighted by molar-refractivity contribution is 6.30.